The van der Waals surface area contributed by atoms with Crippen LogP contribution in [0.25, 0.3) is 6.08 Å². The molecule has 1 rings (SSSR count). The summed E-state index contributed by atoms with van der Waals surface area (Å²) in [7, 11) is 0. The number of rotatable bonds is 5. The van der Waals surface area contributed by atoms with Crippen LogP contribution in [-0.4, -0.2) is 17.6 Å². The molecule has 0 aliphatic rings. The Hall–Kier alpha value is -0.670. The first kappa shape index (κ1) is 13.4. The molecule has 0 saturated heterocycles. The van der Waals surface area contributed by atoms with Crippen LogP contribution in [0.4, 0.5) is 0 Å². The lowest BCUT2D eigenvalue weighted by Crippen LogP contribution is -2.24. The molecule has 0 atom stereocenters. The smallest absolute Gasteiger partial charge is 0.0630 e. The molecular weight excluding hydrogens is 264 g/mol. The molecule has 0 fully saturated rings. The molecule has 16 heavy (non-hydrogen) atoms. The quantitative estimate of drug-likeness (QED) is 0.892. The van der Waals surface area contributed by atoms with E-state index >= 15 is 0 Å². The van der Waals surface area contributed by atoms with Gasteiger partial charge in [-0.2, -0.15) is 0 Å². The minimum atomic E-state index is 0.521. The van der Waals surface area contributed by atoms with Crippen LogP contribution in [0.1, 0.15) is 32.9 Å². The van der Waals surface area contributed by atoms with Crippen molar-refractivity contribution in [1.29, 1.82) is 0 Å². The third kappa shape index (κ3) is 4.90. The van der Waals surface area contributed by atoms with Gasteiger partial charge in [-0.1, -0.05) is 26.3 Å². The van der Waals surface area contributed by atoms with Crippen molar-refractivity contribution in [3.8, 4) is 0 Å². The van der Waals surface area contributed by atoms with Crippen LogP contribution in [-0.2, 0) is 0 Å². The molecule has 0 radical (unpaired) electrons. The number of pyridine rings is 1. The maximum atomic E-state index is 4.34. The molecule has 1 aromatic rings. The first-order valence-corrected chi connectivity index (χ1v) is 6.45. The second kappa shape index (κ2) is 6.81. The van der Waals surface area contributed by atoms with E-state index in [0.717, 1.165) is 23.1 Å². The minimum absolute atomic E-state index is 0.521. The van der Waals surface area contributed by atoms with Crippen LogP contribution < -0.4 is 5.32 Å². The molecule has 0 aromatic carbocycles. The Morgan fingerprint density at radius 3 is 2.75 bits per heavy atom. The van der Waals surface area contributed by atoms with Gasteiger partial charge in [0, 0.05) is 23.3 Å². The van der Waals surface area contributed by atoms with Crippen molar-refractivity contribution in [1.82, 2.24) is 10.3 Å². The van der Waals surface area contributed by atoms with E-state index in [9.17, 15) is 0 Å². The predicted octanol–water partition coefficient (Wildman–Crippen LogP) is 3.64. The zero-order valence-corrected chi connectivity index (χ0v) is 11.7. The van der Waals surface area contributed by atoms with E-state index in [2.05, 4.69) is 53.1 Å². The minimum Gasteiger partial charge on any atom is -0.311 e. The normalized spacial score (nSPS) is 12.2. The van der Waals surface area contributed by atoms with Gasteiger partial charge in [-0.15, -0.1) is 0 Å². The summed E-state index contributed by atoms with van der Waals surface area (Å²) in [5, 5.41) is 3.42. The van der Waals surface area contributed by atoms with Gasteiger partial charge in [0.15, 0.2) is 0 Å². The highest BCUT2D eigenvalue weighted by molar-refractivity contribution is 9.10. The topological polar surface area (TPSA) is 24.9 Å². The van der Waals surface area contributed by atoms with Crippen LogP contribution in [0, 0.1) is 0 Å². The van der Waals surface area contributed by atoms with Gasteiger partial charge in [0.25, 0.3) is 0 Å². The zero-order chi connectivity index (χ0) is 12.0. The van der Waals surface area contributed by atoms with Gasteiger partial charge in [-0.25, -0.2) is 0 Å². The molecule has 0 bridgehead atoms. The number of aromatic nitrogens is 1. The molecule has 0 unspecified atom stereocenters. The van der Waals surface area contributed by atoms with Crippen molar-refractivity contribution >= 4 is 22.0 Å². The summed E-state index contributed by atoms with van der Waals surface area (Å²) >= 11 is 3.38. The fourth-order valence-electron chi connectivity index (χ4n) is 1.30. The van der Waals surface area contributed by atoms with Gasteiger partial charge in [-0.3, -0.25) is 4.98 Å². The van der Waals surface area contributed by atoms with Crippen molar-refractivity contribution in [2.24, 2.45) is 0 Å². The number of nitrogens with zero attached hydrogens (tertiary/aromatic N) is 1. The molecule has 0 aliphatic carbocycles. The molecule has 1 heterocycles. The lowest BCUT2D eigenvalue weighted by Gasteiger charge is -2.10. The van der Waals surface area contributed by atoms with E-state index in [4.69, 9.17) is 0 Å². The van der Waals surface area contributed by atoms with E-state index in [1.807, 2.05) is 18.3 Å². The summed E-state index contributed by atoms with van der Waals surface area (Å²) in [6, 6.07) is 4.56. The highest BCUT2D eigenvalue weighted by Crippen LogP contribution is 2.11. The Morgan fingerprint density at radius 1 is 1.50 bits per heavy atom. The lowest BCUT2D eigenvalue weighted by molar-refractivity contribution is 0.617. The number of hydrogen-bond acceptors (Lipinski definition) is 2. The average molecular weight is 283 g/mol. The molecule has 2 nitrogen and oxygen atoms in total. The molecule has 0 spiro atoms. The molecular formula is C13H19BrN2. The van der Waals surface area contributed by atoms with Crippen LogP contribution in [0.15, 0.2) is 28.4 Å². The van der Waals surface area contributed by atoms with Gasteiger partial charge in [0.1, 0.15) is 0 Å². The van der Waals surface area contributed by atoms with Crippen LogP contribution in [0.5, 0.6) is 0 Å². The molecule has 88 valence electrons. The van der Waals surface area contributed by atoms with Gasteiger partial charge < -0.3 is 5.32 Å². The Labute approximate surface area is 106 Å². The molecule has 1 N–H and O–H groups in total. The third-order valence-electron chi connectivity index (χ3n) is 2.29. The van der Waals surface area contributed by atoms with Crippen molar-refractivity contribution in [3.05, 3.63) is 34.1 Å². The Balaban J connectivity index is 2.67. The van der Waals surface area contributed by atoms with Crippen LogP contribution in [0.2, 0.25) is 0 Å². The first-order valence-electron chi connectivity index (χ1n) is 5.66. The van der Waals surface area contributed by atoms with Crippen molar-refractivity contribution in [2.45, 2.75) is 33.2 Å². The molecule has 0 aliphatic heterocycles. The van der Waals surface area contributed by atoms with Gasteiger partial charge in [-0.05, 0) is 40.6 Å². The highest BCUT2D eigenvalue weighted by atomic mass is 79.9. The lowest BCUT2D eigenvalue weighted by atomic mass is 10.1. The maximum Gasteiger partial charge on any atom is 0.0630 e. The Kier molecular flexibility index (Phi) is 5.71. The fraction of sp³-hybridized carbons (Fsp3) is 0.462. The number of hydrogen-bond donors (Lipinski definition) is 1. The highest BCUT2D eigenvalue weighted by Gasteiger charge is 1.98. The molecule has 0 saturated carbocycles. The first-order chi connectivity index (χ1) is 7.61. The standard InChI is InChI=1S/C13H19BrN2/c1-4-11(8-15-10(2)3)7-13-6-5-12(14)9-16-13/h5-7,9-10,15H,4,8H2,1-3H3/b11-7-. The van der Waals surface area contributed by atoms with Crippen molar-refractivity contribution < 1.29 is 0 Å². The SMILES string of the molecule is CC/C(=C/c1ccc(Br)cn1)CNC(C)C. The van der Waals surface area contributed by atoms with Gasteiger partial charge >= 0.3 is 0 Å². The summed E-state index contributed by atoms with van der Waals surface area (Å²) < 4.78 is 1.02. The fourth-order valence-corrected chi connectivity index (χ4v) is 1.53. The van der Waals surface area contributed by atoms with Crippen molar-refractivity contribution in [2.75, 3.05) is 6.54 Å². The predicted molar refractivity (Wildman–Crippen MR) is 73.3 cm³/mol. The Bertz CT molecular complexity index is 341. The van der Waals surface area contributed by atoms with E-state index in [1.54, 1.807) is 0 Å². The molecule has 1 aromatic heterocycles. The summed E-state index contributed by atoms with van der Waals surface area (Å²) in [5.41, 5.74) is 2.40. The second-order valence-electron chi connectivity index (χ2n) is 4.09. The second-order valence-corrected chi connectivity index (χ2v) is 5.01. The van der Waals surface area contributed by atoms with Crippen molar-refractivity contribution in [3.63, 3.8) is 0 Å². The van der Waals surface area contributed by atoms with Crippen LogP contribution >= 0.6 is 15.9 Å². The largest absolute Gasteiger partial charge is 0.311 e. The maximum absolute atomic E-state index is 4.34. The van der Waals surface area contributed by atoms with Gasteiger partial charge in [0.05, 0.1) is 5.69 Å². The monoisotopic (exact) mass is 282 g/mol. The molecule has 3 heteroatoms. The number of nitrogens with one attached hydrogen (secondary N) is 1. The van der Waals surface area contributed by atoms with Crippen LogP contribution in [0.3, 0.4) is 0 Å². The third-order valence-corrected chi connectivity index (χ3v) is 2.76. The summed E-state index contributed by atoms with van der Waals surface area (Å²) in [5.74, 6) is 0. The van der Waals surface area contributed by atoms with Gasteiger partial charge in [0.2, 0.25) is 0 Å². The van der Waals surface area contributed by atoms with E-state index in [1.165, 1.54) is 5.57 Å². The average Bonchev–Trinajstić information content (AvgIpc) is 2.26. The molecule has 0 amide bonds. The van der Waals surface area contributed by atoms with E-state index in [0.29, 0.717) is 6.04 Å². The summed E-state index contributed by atoms with van der Waals surface area (Å²) in [6.07, 6.45) is 5.04. The Morgan fingerprint density at radius 2 is 2.25 bits per heavy atom. The summed E-state index contributed by atoms with van der Waals surface area (Å²) in [6.45, 7) is 7.43. The number of halogens is 1. The van der Waals surface area contributed by atoms with E-state index < -0.39 is 0 Å². The zero-order valence-electron chi connectivity index (χ0n) is 10.1. The summed E-state index contributed by atoms with van der Waals surface area (Å²) in [4.78, 5) is 4.34. The van der Waals surface area contributed by atoms with E-state index in [-0.39, 0.29) is 0 Å².